The van der Waals surface area contributed by atoms with Gasteiger partial charge in [0.05, 0.1) is 5.25 Å². The Morgan fingerprint density at radius 1 is 1.25 bits per heavy atom. The van der Waals surface area contributed by atoms with Crippen molar-refractivity contribution >= 4 is 23.4 Å². The van der Waals surface area contributed by atoms with Gasteiger partial charge in [0.25, 0.3) is 5.56 Å². The van der Waals surface area contributed by atoms with Crippen molar-refractivity contribution < 1.29 is 4.79 Å². The van der Waals surface area contributed by atoms with Crippen LogP contribution in [0.25, 0.3) is 0 Å². The Bertz CT molecular complexity index is 910. The minimum absolute atomic E-state index is 0.131. The van der Waals surface area contributed by atoms with Gasteiger partial charge in [0.15, 0.2) is 10.9 Å². The van der Waals surface area contributed by atoms with Crippen molar-refractivity contribution in [3.05, 3.63) is 32.2 Å². The Labute approximate surface area is 142 Å². The number of Topliss-reactive ketones (excluding diaryl/α,β-unsaturated/α-hetero) is 1. The lowest BCUT2D eigenvalue weighted by atomic mass is 10.1. The van der Waals surface area contributed by atoms with Crippen LogP contribution in [0.5, 0.6) is 0 Å². The highest BCUT2D eigenvalue weighted by Crippen LogP contribution is 2.25. The van der Waals surface area contributed by atoms with E-state index in [1.165, 1.54) is 25.9 Å². The molecule has 24 heavy (non-hydrogen) atoms. The number of hydrogen-bond donors (Lipinski definition) is 1. The van der Waals surface area contributed by atoms with Crippen LogP contribution in [0, 0.1) is 6.92 Å². The summed E-state index contributed by atoms with van der Waals surface area (Å²) in [5.74, 6) is 0.169. The quantitative estimate of drug-likeness (QED) is 0.592. The van der Waals surface area contributed by atoms with Crippen LogP contribution in [-0.4, -0.2) is 34.9 Å². The number of hydrogen-bond acceptors (Lipinski definition) is 7. The number of nitrogen functional groups attached to an aromatic ring is 1. The summed E-state index contributed by atoms with van der Waals surface area (Å²) in [6, 6.07) is 0. The van der Waals surface area contributed by atoms with Crippen molar-refractivity contribution in [1.82, 2.24) is 23.9 Å². The summed E-state index contributed by atoms with van der Waals surface area (Å²) >= 11 is 1.20. The van der Waals surface area contributed by atoms with Gasteiger partial charge in [-0.05, 0) is 20.8 Å². The number of nitrogens with zero attached hydrogens (tertiary/aromatic N) is 5. The van der Waals surface area contributed by atoms with Gasteiger partial charge < -0.3 is 10.3 Å². The van der Waals surface area contributed by atoms with E-state index >= 15 is 0 Å². The van der Waals surface area contributed by atoms with Crippen LogP contribution < -0.4 is 17.0 Å². The van der Waals surface area contributed by atoms with E-state index in [-0.39, 0.29) is 11.4 Å². The summed E-state index contributed by atoms with van der Waals surface area (Å²) in [4.78, 5) is 36.9. The van der Waals surface area contributed by atoms with Crippen LogP contribution in [0.15, 0.2) is 14.7 Å². The number of nitrogens with two attached hydrogens (primary N) is 1. The third kappa shape index (κ3) is 2.88. The van der Waals surface area contributed by atoms with Gasteiger partial charge in [-0.15, -0.1) is 10.2 Å². The van der Waals surface area contributed by atoms with Gasteiger partial charge >= 0.3 is 5.69 Å². The van der Waals surface area contributed by atoms with Crippen molar-refractivity contribution in [2.24, 2.45) is 14.1 Å². The molecule has 0 aliphatic carbocycles. The fraction of sp³-hybridized carbons (Fsp3) is 0.500. The van der Waals surface area contributed by atoms with Crippen LogP contribution >= 0.6 is 11.8 Å². The molecule has 0 bridgehead atoms. The molecule has 0 spiro atoms. The molecule has 0 saturated carbocycles. The number of anilines is 1. The topological polar surface area (TPSA) is 118 Å². The first-order valence-electron chi connectivity index (χ1n) is 7.36. The molecular weight excluding hydrogens is 332 g/mol. The van der Waals surface area contributed by atoms with Gasteiger partial charge in [0.2, 0.25) is 0 Å². The highest BCUT2D eigenvalue weighted by Gasteiger charge is 2.26. The summed E-state index contributed by atoms with van der Waals surface area (Å²) < 4.78 is 3.83. The zero-order chi connectivity index (χ0) is 18.2. The van der Waals surface area contributed by atoms with E-state index in [0.29, 0.717) is 11.7 Å². The third-order valence-electron chi connectivity index (χ3n) is 3.83. The van der Waals surface area contributed by atoms with Crippen LogP contribution in [0.2, 0.25) is 0 Å². The summed E-state index contributed by atoms with van der Waals surface area (Å²) in [7, 11) is 2.73. The lowest BCUT2D eigenvalue weighted by molar-refractivity contribution is 0.0992. The maximum atomic E-state index is 12.7. The highest BCUT2D eigenvalue weighted by molar-refractivity contribution is 8.00. The molecule has 2 aromatic rings. The third-order valence-corrected chi connectivity index (χ3v) is 4.91. The molecule has 9 nitrogen and oxygen atoms in total. The first kappa shape index (κ1) is 18.0. The molecule has 10 heteroatoms. The standard InChI is InChI=1S/C14H20N6O3S/c1-6-20-8(3)16-17-13(20)24-7(2)10(21)9-11(15)18(4)14(23)19(5)12(9)22/h7H,6,15H2,1-5H3. The predicted molar refractivity (Wildman–Crippen MR) is 91.4 cm³/mol. The van der Waals surface area contributed by atoms with Gasteiger partial charge in [-0.2, -0.15) is 0 Å². The fourth-order valence-corrected chi connectivity index (χ4v) is 3.34. The zero-order valence-electron chi connectivity index (χ0n) is 14.2. The van der Waals surface area contributed by atoms with Crippen molar-refractivity contribution in [3.63, 3.8) is 0 Å². The Balaban J connectivity index is 2.42. The number of rotatable bonds is 5. The molecule has 0 amide bonds. The van der Waals surface area contributed by atoms with Crippen LogP contribution in [0.1, 0.15) is 30.0 Å². The first-order valence-corrected chi connectivity index (χ1v) is 8.24. The van der Waals surface area contributed by atoms with E-state index in [1.807, 2.05) is 18.4 Å². The van der Waals surface area contributed by atoms with Gasteiger partial charge in [-0.1, -0.05) is 11.8 Å². The van der Waals surface area contributed by atoms with Gasteiger partial charge in [-0.25, -0.2) is 4.79 Å². The zero-order valence-corrected chi connectivity index (χ0v) is 15.0. The van der Waals surface area contributed by atoms with Crippen LogP contribution in [0.4, 0.5) is 5.82 Å². The van der Waals surface area contributed by atoms with Gasteiger partial charge in [0, 0.05) is 20.6 Å². The number of carbonyl (C=O) groups is 1. The second-order valence-corrected chi connectivity index (χ2v) is 6.67. The predicted octanol–water partition coefficient (Wildman–Crippen LogP) is -0.0505. The maximum Gasteiger partial charge on any atom is 0.332 e. The minimum atomic E-state index is -0.693. The first-order chi connectivity index (χ1) is 11.2. The second kappa shape index (κ2) is 6.63. The molecule has 2 N–H and O–H groups in total. The normalized spacial score (nSPS) is 12.4. The smallest absolute Gasteiger partial charge is 0.332 e. The van der Waals surface area contributed by atoms with Crippen LogP contribution in [0.3, 0.4) is 0 Å². The van der Waals surface area contributed by atoms with Crippen molar-refractivity contribution in [2.45, 2.75) is 37.7 Å². The number of aryl methyl sites for hydroxylation is 1. The summed E-state index contributed by atoms with van der Waals surface area (Å²) in [6.07, 6.45) is 0. The highest BCUT2D eigenvalue weighted by atomic mass is 32.2. The largest absolute Gasteiger partial charge is 0.384 e. The Kier molecular flexibility index (Phi) is 4.97. The average molecular weight is 352 g/mol. The number of thioether (sulfide) groups is 1. The lowest BCUT2D eigenvalue weighted by Gasteiger charge is -2.14. The fourth-order valence-electron chi connectivity index (χ4n) is 2.32. The van der Waals surface area contributed by atoms with E-state index in [9.17, 15) is 14.4 Å². The van der Waals surface area contributed by atoms with E-state index in [4.69, 9.17) is 5.73 Å². The number of ketones is 1. The molecule has 1 atom stereocenters. The van der Waals surface area contributed by atoms with E-state index in [0.717, 1.165) is 15.0 Å². The summed E-state index contributed by atoms with van der Waals surface area (Å²) in [5.41, 5.74) is 4.38. The average Bonchev–Trinajstić information content (AvgIpc) is 2.90. The Morgan fingerprint density at radius 2 is 1.88 bits per heavy atom. The molecule has 0 saturated heterocycles. The van der Waals surface area contributed by atoms with E-state index in [2.05, 4.69) is 10.2 Å². The SMILES string of the molecule is CCn1c(C)nnc1SC(C)C(=O)c1c(N)n(C)c(=O)n(C)c1=O. The molecule has 0 aliphatic heterocycles. The van der Waals surface area contributed by atoms with Crippen molar-refractivity contribution in [1.29, 1.82) is 0 Å². The second-order valence-electron chi connectivity index (χ2n) is 5.36. The molecule has 2 rings (SSSR count). The molecule has 0 fully saturated rings. The maximum absolute atomic E-state index is 12.7. The lowest BCUT2D eigenvalue weighted by Crippen LogP contribution is -2.42. The Morgan fingerprint density at radius 3 is 2.46 bits per heavy atom. The Hall–Kier alpha value is -2.36. The molecule has 1 unspecified atom stereocenters. The van der Waals surface area contributed by atoms with Crippen molar-refractivity contribution in [3.8, 4) is 0 Å². The molecular formula is C14H20N6O3S. The van der Waals surface area contributed by atoms with Crippen molar-refractivity contribution in [2.75, 3.05) is 5.73 Å². The number of carbonyl (C=O) groups excluding carboxylic acids is 1. The van der Waals surface area contributed by atoms with Crippen LogP contribution in [-0.2, 0) is 20.6 Å². The van der Waals surface area contributed by atoms with Gasteiger partial charge in [-0.3, -0.25) is 18.7 Å². The molecule has 0 radical (unpaired) electrons. The monoisotopic (exact) mass is 352 g/mol. The molecule has 0 aromatic carbocycles. The number of aromatic nitrogens is 5. The molecule has 2 heterocycles. The minimum Gasteiger partial charge on any atom is -0.384 e. The molecule has 2 aromatic heterocycles. The molecule has 130 valence electrons. The van der Waals surface area contributed by atoms with Gasteiger partial charge in [0.1, 0.15) is 17.2 Å². The molecule has 0 aliphatic rings. The van der Waals surface area contributed by atoms with E-state index < -0.39 is 22.3 Å². The van der Waals surface area contributed by atoms with E-state index in [1.54, 1.807) is 6.92 Å². The summed E-state index contributed by atoms with van der Waals surface area (Å²) in [6.45, 7) is 6.12. The summed E-state index contributed by atoms with van der Waals surface area (Å²) in [5, 5.41) is 8.03.